The number of Topliss-reactive ketones (excluding diaryl/α,β-unsaturated/α-hetero) is 2. The van der Waals surface area contributed by atoms with Crippen LogP contribution in [0.4, 0.5) is 0 Å². The molecular formula is C55H49N11O9S6. The lowest BCUT2D eigenvalue weighted by Gasteiger charge is -2.28. The van der Waals surface area contributed by atoms with E-state index in [1.807, 2.05) is 0 Å². The van der Waals surface area contributed by atoms with Crippen LogP contribution < -0.4 is 21.7 Å². The second-order valence-electron chi connectivity index (χ2n) is 19.1. The van der Waals surface area contributed by atoms with E-state index in [9.17, 15) is 44.1 Å². The van der Waals surface area contributed by atoms with E-state index in [1.54, 1.807) is 96.9 Å². The smallest absolute Gasteiger partial charge is 0.271 e. The molecule has 2 aromatic carbocycles. The summed E-state index contributed by atoms with van der Waals surface area (Å²) in [5.41, 5.74) is 9.25. The minimum atomic E-state index is -1.29. The third-order valence-corrected chi connectivity index (χ3v) is 19.0. The molecule has 26 heteroatoms. The van der Waals surface area contributed by atoms with Crippen molar-refractivity contribution in [2.75, 3.05) is 0 Å². The molecule has 7 atom stereocenters. The van der Waals surface area contributed by atoms with Crippen LogP contribution in [-0.4, -0.2) is 97.5 Å². The minimum absolute atomic E-state index is 0.00120. The van der Waals surface area contributed by atoms with E-state index >= 15 is 0 Å². The zero-order valence-electron chi connectivity index (χ0n) is 43.3. The van der Waals surface area contributed by atoms with Gasteiger partial charge in [-0.1, -0.05) is 49.4 Å². The second-order valence-corrected chi connectivity index (χ2v) is 24.7. The highest BCUT2D eigenvalue weighted by Crippen LogP contribution is 2.41. The van der Waals surface area contributed by atoms with Gasteiger partial charge in [0.15, 0.2) is 11.6 Å². The van der Waals surface area contributed by atoms with Gasteiger partial charge in [-0.15, -0.1) is 68.0 Å². The van der Waals surface area contributed by atoms with Crippen molar-refractivity contribution in [2.24, 2.45) is 11.7 Å². The maximum Gasteiger partial charge on any atom is 0.271 e. The molecule has 0 radical (unpaired) electrons. The number of aromatic nitrogens is 7. The number of fused-ring (bicyclic) bond motifs is 14. The molecule has 4 amide bonds. The topological polar surface area (TPSA) is 315 Å². The first-order valence-electron chi connectivity index (χ1n) is 25.1. The normalized spacial score (nSPS) is 18.2. The molecule has 1 aliphatic heterocycles. The number of primary amides is 1. The fourth-order valence-electron chi connectivity index (χ4n) is 8.82. The molecule has 7 aromatic heterocycles. The van der Waals surface area contributed by atoms with Gasteiger partial charge in [0, 0.05) is 68.9 Å². The lowest BCUT2D eigenvalue weighted by molar-refractivity contribution is -0.124. The van der Waals surface area contributed by atoms with E-state index in [2.05, 4.69) is 30.9 Å². The number of hydrogen-bond donors (Lipinski definition) is 7. The summed E-state index contributed by atoms with van der Waals surface area (Å²) < 4.78 is 0. The summed E-state index contributed by atoms with van der Waals surface area (Å²) in [6, 6.07) is 15.2. The summed E-state index contributed by atoms with van der Waals surface area (Å²) in [4.78, 5) is 117. The quantitative estimate of drug-likeness (QED) is 0.0630. The van der Waals surface area contributed by atoms with E-state index in [4.69, 9.17) is 25.7 Å². The molecule has 0 fully saturated rings. The number of phenolic OH excluding ortho intramolecular Hbond substituents is 1. The van der Waals surface area contributed by atoms with E-state index in [0.29, 0.717) is 64.4 Å². The summed E-state index contributed by atoms with van der Waals surface area (Å²) >= 11 is 7.06. The molecule has 414 valence electrons. The van der Waals surface area contributed by atoms with Crippen molar-refractivity contribution >= 4 is 103 Å². The van der Waals surface area contributed by atoms with Gasteiger partial charge in [0.1, 0.15) is 76.7 Å². The van der Waals surface area contributed by atoms with Crippen molar-refractivity contribution in [1.82, 2.24) is 50.8 Å². The number of nitrogens with one attached hydrogen (secondary N) is 3. The number of benzene rings is 2. The predicted molar refractivity (Wildman–Crippen MR) is 310 cm³/mol. The van der Waals surface area contributed by atoms with Gasteiger partial charge in [-0.25, -0.2) is 34.9 Å². The molecule has 9 aromatic rings. The van der Waals surface area contributed by atoms with Crippen LogP contribution in [0.2, 0.25) is 0 Å². The zero-order valence-corrected chi connectivity index (χ0v) is 48.2. The summed E-state index contributed by atoms with van der Waals surface area (Å²) in [7, 11) is 0. The SMILES string of the molecule is CC(=O)c1csc(-c2ccc3c(n2)-c2csc(n2)-c2csc(n2)C(C(C)C(C)O)NC(=O)C(Cc2ccc(O)cc2)NC(=O)c2csc(n2)C(C(O)c2ccccc2)CC(=O)c2nc(sc2C)C(CC(N)=O)NC(=O)c2csc-3n2)n1. The van der Waals surface area contributed by atoms with Gasteiger partial charge in [-0.2, -0.15) is 0 Å². The van der Waals surface area contributed by atoms with Crippen molar-refractivity contribution in [3.05, 3.63) is 147 Å². The van der Waals surface area contributed by atoms with E-state index < -0.39 is 71.6 Å². The van der Waals surface area contributed by atoms with Crippen molar-refractivity contribution < 1.29 is 44.1 Å². The highest BCUT2D eigenvalue weighted by atomic mass is 32.1. The fraction of sp³-hybridized carbons (Fsp3) is 0.255. The summed E-state index contributed by atoms with van der Waals surface area (Å²) in [5, 5.41) is 52.4. The number of hydrogen-bond acceptors (Lipinski definition) is 22. The van der Waals surface area contributed by atoms with Gasteiger partial charge in [0.25, 0.3) is 11.8 Å². The molecule has 10 bridgehead atoms. The Labute approximate surface area is 486 Å². The fourth-order valence-corrected chi connectivity index (χ4v) is 14.2. The Kier molecular flexibility index (Phi) is 16.9. The number of aliphatic hydroxyl groups excluding tert-OH is 2. The number of carbonyl (C=O) groups is 6. The Morgan fingerprint density at radius 2 is 1.28 bits per heavy atom. The lowest BCUT2D eigenvalue weighted by Crippen LogP contribution is -2.50. The largest absolute Gasteiger partial charge is 0.508 e. The van der Waals surface area contributed by atoms with Crippen molar-refractivity contribution in [2.45, 2.75) is 83.2 Å². The average molecular weight is 1200 g/mol. The monoisotopic (exact) mass is 1200 g/mol. The molecule has 0 saturated heterocycles. The molecule has 20 nitrogen and oxygen atoms in total. The number of nitrogens with zero attached hydrogens (tertiary/aromatic N) is 7. The average Bonchev–Trinajstić information content (AvgIpc) is 4.45. The molecule has 0 saturated carbocycles. The molecule has 81 heavy (non-hydrogen) atoms. The van der Waals surface area contributed by atoms with Gasteiger partial charge in [-0.05, 0) is 49.2 Å². The molecule has 0 aliphatic carbocycles. The third kappa shape index (κ3) is 12.6. The minimum Gasteiger partial charge on any atom is -0.508 e. The van der Waals surface area contributed by atoms with E-state index in [-0.39, 0.29) is 63.6 Å². The molecule has 7 unspecified atom stereocenters. The highest BCUT2D eigenvalue weighted by molar-refractivity contribution is 7.15. The predicted octanol–water partition coefficient (Wildman–Crippen LogP) is 8.67. The van der Waals surface area contributed by atoms with Crippen LogP contribution in [-0.2, 0) is 16.0 Å². The lowest BCUT2D eigenvalue weighted by atomic mass is 9.90. The summed E-state index contributed by atoms with van der Waals surface area (Å²) in [6.45, 7) is 6.47. The van der Waals surface area contributed by atoms with Crippen LogP contribution >= 0.6 is 68.0 Å². The Bertz CT molecular complexity index is 3830. The van der Waals surface area contributed by atoms with Crippen LogP contribution in [0.1, 0.15) is 131 Å². The first-order valence-corrected chi connectivity index (χ1v) is 30.3. The number of aryl methyl sites for hydroxylation is 1. The van der Waals surface area contributed by atoms with Crippen LogP contribution in [0.15, 0.2) is 93.6 Å². The number of ketones is 2. The first kappa shape index (κ1) is 56.6. The van der Waals surface area contributed by atoms with Crippen LogP contribution in [0.5, 0.6) is 5.75 Å². The van der Waals surface area contributed by atoms with Crippen molar-refractivity contribution in [1.29, 1.82) is 0 Å². The molecule has 10 rings (SSSR count). The standard InChI is InChI=1S/C55H49N11O9S6/c1-24(25(2)67)43-55-64-40(23-80-55)53-61-37(20-79-53)45-31(14-15-33(57-45)52-60-36(19-78-52)26(3)68)50-62-39(21-76-50)49(75)59-35(18-42(56)71)54-66-44(27(4)81-54)41(70)17-32(46(72)29-8-6-5-7-9-29)51-63-38(22-77-51)48(74)58-34(47(73)65-43)16-28-10-12-30(69)13-11-28/h5-15,19-25,32,34-35,43,46,67,69,72H,16-18H2,1-4H3,(H2,56,71)(H,58,74)(H,59,75)(H,65,73). The molecule has 8 N–H and O–H groups in total. The maximum atomic E-state index is 14.7. The van der Waals surface area contributed by atoms with Crippen LogP contribution in [0.3, 0.4) is 0 Å². The summed E-state index contributed by atoms with van der Waals surface area (Å²) in [5.74, 6) is -5.07. The number of phenols is 1. The Morgan fingerprint density at radius 3 is 2.00 bits per heavy atom. The molecule has 0 spiro atoms. The van der Waals surface area contributed by atoms with Gasteiger partial charge in [0.2, 0.25) is 11.8 Å². The number of nitrogens with two attached hydrogens (primary N) is 1. The molecule has 8 heterocycles. The van der Waals surface area contributed by atoms with Crippen LogP contribution in [0.25, 0.3) is 43.4 Å². The number of amides is 4. The zero-order chi connectivity index (χ0) is 57.2. The Morgan fingerprint density at radius 1 is 0.654 bits per heavy atom. The van der Waals surface area contributed by atoms with Gasteiger partial charge < -0.3 is 37.0 Å². The first-order chi connectivity index (χ1) is 38.9. The molecule has 1 aliphatic rings. The van der Waals surface area contributed by atoms with Crippen molar-refractivity contribution in [3.8, 4) is 49.1 Å². The number of aromatic hydroxyl groups is 1. The van der Waals surface area contributed by atoms with Crippen LogP contribution in [0, 0.1) is 12.8 Å². The van der Waals surface area contributed by atoms with E-state index in [1.165, 1.54) is 58.4 Å². The van der Waals surface area contributed by atoms with E-state index in [0.717, 1.165) is 34.0 Å². The number of aliphatic hydroxyl groups is 2. The van der Waals surface area contributed by atoms with Crippen molar-refractivity contribution in [3.63, 3.8) is 0 Å². The number of rotatable bonds is 10. The third-order valence-electron chi connectivity index (χ3n) is 13.4. The van der Waals surface area contributed by atoms with Gasteiger partial charge in [0.05, 0.1) is 41.4 Å². The molecular weight excluding hydrogens is 1150 g/mol. The number of pyridine rings is 1. The Hall–Kier alpha value is -7.69. The second kappa shape index (κ2) is 24.2. The number of thiazole rings is 6. The van der Waals surface area contributed by atoms with Gasteiger partial charge >= 0.3 is 0 Å². The highest BCUT2D eigenvalue weighted by Gasteiger charge is 2.35. The number of carbonyl (C=O) groups excluding carboxylic acids is 6. The Balaban J connectivity index is 1.08. The van der Waals surface area contributed by atoms with Gasteiger partial charge in [-0.3, -0.25) is 28.8 Å². The maximum absolute atomic E-state index is 14.7. The summed E-state index contributed by atoms with van der Waals surface area (Å²) in [6.07, 6.45) is -2.96.